The van der Waals surface area contributed by atoms with Crippen molar-refractivity contribution in [3.63, 3.8) is 0 Å². The van der Waals surface area contributed by atoms with Gasteiger partial charge in [-0.05, 0) is 23.9 Å². The Kier molecular flexibility index (Phi) is 3.80. The molecule has 96 valence electrons. The van der Waals surface area contributed by atoms with Crippen molar-refractivity contribution >= 4 is 11.8 Å². The van der Waals surface area contributed by atoms with Crippen LogP contribution in [0.25, 0.3) is 0 Å². The van der Waals surface area contributed by atoms with Gasteiger partial charge >= 0.3 is 11.9 Å². The average Bonchev–Trinajstić information content (AvgIpc) is 2.07. The van der Waals surface area contributed by atoms with Gasteiger partial charge in [0.25, 0.3) is 0 Å². The lowest BCUT2D eigenvalue weighted by Gasteiger charge is -2.12. The topological polar surface area (TPSA) is 9.23 Å². The molecule has 0 heterocycles. The number of halogens is 7. The summed E-state index contributed by atoms with van der Waals surface area (Å²) in [6.07, 6.45) is -5.16. The van der Waals surface area contributed by atoms with Gasteiger partial charge in [-0.25, -0.2) is 4.39 Å². The summed E-state index contributed by atoms with van der Waals surface area (Å²) in [6, 6.07) is 2.12. The largest absolute Gasteiger partial charge is 0.573 e. The van der Waals surface area contributed by atoms with Gasteiger partial charge in [-0.1, -0.05) is 6.07 Å². The van der Waals surface area contributed by atoms with Crippen molar-refractivity contribution in [2.24, 2.45) is 0 Å². The Labute approximate surface area is 94.6 Å². The third-order valence-corrected chi connectivity index (χ3v) is 2.15. The Balaban J connectivity index is 3.00. The smallest absolute Gasteiger partial charge is 0.403 e. The van der Waals surface area contributed by atoms with Crippen molar-refractivity contribution in [1.82, 2.24) is 0 Å². The van der Waals surface area contributed by atoms with Crippen LogP contribution in [0.1, 0.15) is 0 Å². The summed E-state index contributed by atoms with van der Waals surface area (Å²) in [5, 5.41) is 0. The van der Waals surface area contributed by atoms with Crippen LogP contribution in [-0.4, -0.2) is 11.9 Å². The molecule has 0 spiro atoms. The first-order valence-corrected chi connectivity index (χ1v) is 4.70. The first kappa shape index (κ1) is 13.9. The predicted octanol–water partition coefficient (Wildman–Crippen LogP) is 4.34. The zero-order valence-corrected chi connectivity index (χ0v) is 8.51. The lowest BCUT2D eigenvalue weighted by atomic mass is 10.3. The summed E-state index contributed by atoms with van der Waals surface area (Å²) in [5.41, 5.74) is -4.79. The summed E-state index contributed by atoms with van der Waals surface area (Å²) in [7, 11) is 0. The highest BCUT2D eigenvalue weighted by atomic mass is 32.2. The molecule has 1 rings (SSSR count). The maximum absolute atomic E-state index is 13.2. The second kappa shape index (κ2) is 4.63. The van der Waals surface area contributed by atoms with Gasteiger partial charge in [-0.3, -0.25) is 0 Å². The maximum Gasteiger partial charge on any atom is 0.573 e. The van der Waals surface area contributed by atoms with Gasteiger partial charge in [0.05, 0.1) is 4.90 Å². The standard InChI is InChI=1S/C8H3F7OS/c9-6-4(16-7(10,11)12)2-1-3-5(6)17-8(13,14)15/h1-3H. The van der Waals surface area contributed by atoms with Gasteiger partial charge in [-0.15, -0.1) is 13.2 Å². The monoisotopic (exact) mass is 280 g/mol. The van der Waals surface area contributed by atoms with E-state index in [9.17, 15) is 30.7 Å². The van der Waals surface area contributed by atoms with Gasteiger partial charge < -0.3 is 4.74 Å². The Hall–Kier alpha value is -1.12. The molecular formula is C8H3F7OS. The highest BCUT2D eigenvalue weighted by Crippen LogP contribution is 2.40. The molecule has 0 saturated heterocycles. The van der Waals surface area contributed by atoms with E-state index in [1.807, 2.05) is 0 Å². The van der Waals surface area contributed by atoms with Gasteiger partial charge in [0.15, 0.2) is 11.6 Å². The molecule has 1 aromatic rings. The van der Waals surface area contributed by atoms with Gasteiger partial charge in [0, 0.05) is 0 Å². The Morgan fingerprint density at radius 1 is 1.00 bits per heavy atom. The van der Waals surface area contributed by atoms with E-state index < -0.39 is 40.1 Å². The van der Waals surface area contributed by atoms with E-state index in [1.165, 1.54) is 0 Å². The van der Waals surface area contributed by atoms with Gasteiger partial charge in [-0.2, -0.15) is 13.2 Å². The molecule has 0 N–H and O–H groups in total. The van der Waals surface area contributed by atoms with Gasteiger partial charge in [0.2, 0.25) is 0 Å². The molecule has 0 saturated carbocycles. The van der Waals surface area contributed by atoms with Crippen molar-refractivity contribution in [3.05, 3.63) is 24.0 Å². The van der Waals surface area contributed by atoms with Crippen LogP contribution >= 0.6 is 11.8 Å². The SMILES string of the molecule is Fc1c(OC(F)(F)F)cccc1SC(F)(F)F. The zero-order valence-electron chi connectivity index (χ0n) is 7.69. The normalized spacial score (nSPS) is 12.6. The molecule has 0 atom stereocenters. The molecule has 17 heavy (non-hydrogen) atoms. The van der Waals surface area contributed by atoms with Crippen LogP contribution in [-0.2, 0) is 0 Å². The zero-order chi connectivity index (χ0) is 13.3. The fourth-order valence-electron chi connectivity index (χ4n) is 0.898. The van der Waals surface area contributed by atoms with Crippen LogP contribution < -0.4 is 4.74 Å². The van der Waals surface area contributed by atoms with Crippen LogP contribution in [0.4, 0.5) is 30.7 Å². The molecule has 9 heteroatoms. The van der Waals surface area contributed by atoms with Crippen LogP contribution in [0, 0.1) is 5.82 Å². The van der Waals surface area contributed by atoms with E-state index in [2.05, 4.69) is 4.74 Å². The Bertz CT molecular complexity index is 364. The van der Waals surface area contributed by atoms with Crippen molar-refractivity contribution in [2.45, 2.75) is 16.8 Å². The predicted molar refractivity (Wildman–Crippen MR) is 45.0 cm³/mol. The fraction of sp³-hybridized carbons (Fsp3) is 0.250. The van der Waals surface area contributed by atoms with Crippen LogP contribution in [0.5, 0.6) is 5.75 Å². The highest BCUT2D eigenvalue weighted by molar-refractivity contribution is 8.00. The quantitative estimate of drug-likeness (QED) is 0.589. The number of hydrogen-bond donors (Lipinski definition) is 0. The number of hydrogen-bond acceptors (Lipinski definition) is 2. The molecule has 0 unspecified atom stereocenters. The van der Waals surface area contributed by atoms with E-state index in [0.717, 1.165) is 6.07 Å². The molecule has 0 aromatic heterocycles. The highest BCUT2D eigenvalue weighted by Gasteiger charge is 2.35. The minimum Gasteiger partial charge on any atom is -0.403 e. The fourth-order valence-corrected chi connectivity index (χ4v) is 1.48. The first-order chi connectivity index (χ1) is 7.58. The summed E-state index contributed by atoms with van der Waals surface area (Å²) in [4.78, 5) is -0.987. The first-order valence-electron chi connectivity index (χ1n) is 3.88. The third-order valence-electron chi connectivity index (χ3n) is 1.38. The number of thioether (sulfide) groups is 1. The van der Waals surface area contributed by atoms with E-state index in [4.69, 9.17) is 0 Å². The second-order valence-electron chi connectivity index (χ2n) is 2.66. The average molecular weight is 280 g/mol. The van der Waals surface area contributed by atoms with Crippen molar-refractivity contribution in [2.75, 3.05) is 0 Å². The summed E-state index contributed by atoms with van der Waals surface area (Å²) in [6.45, 7) is 0. The molecule has 0 aliphatic carbocycles. The molecule has 0 aliphatic rings. The van der Waals surface area contributed by atoms with Crippen LogP contribution in [0.15, 0.2) is 23.1 Å². The molecule has 0 fully saturated rings. The molecule has 0 radical (unpaired) electrons. The minimum atomic E-state index is -5.16. The van der Waals surface area contributed by atoms with Crippen LogP contribution in [0.2, 0.25) is 0 Å². The second-order valence-corrected chi connectivity index (χ2v) is 3.77. The molecule has 0 aliphatic heterocycles. The number of ether oxygens (including phenoxy) is 1. The summed E-state index contributed by atoms with van der Waals surface area (Å²) < 4.78 is 87.5. The minimum absolute atomic E-state index is 0.587. The van der Waals surface area contributed by atoms with E-state index in [0.29, 0.717) is 12.1 Å². The summed E-state index contributed by atoms with van der Waals surface area (Å²) >= 11 is -0.855. The Morgan fingerprint density at radius 2 is 1.59 bits per heavy atom. The molecule has 0 bridgehead atoms. The molecule has 1 aromatic carbocycles. The molecule has 0 amide bonds. The van der Waals surface area contributed by atoms with E-state index >= 15 is 0 Å². The lowest BCUT2D eigenvalue weighted by Crippen LogP contribution is -2.18. The maximum atomic E-state index is 13.2. The third kappa shape index (κ3) is 4.72. The Morgan fingerprint density at radius 3 is 2.06 bits per heavy atom. The van der Waals surface area contributed by atoms with Crippen molar-refractivity contribution < 1.29 is 35.5 Å². The van der Waals surface area contributed by atoms with Crippen molar-refractivity contribution in [1.29, 1.82) is 0 Å². The molecule has 1 nitrogen and oxygen atoms in total. The van der Waals surface area contributed by atoms with Crippen LogP contribution in [0.3, 0.4) is 0 Å². The van der Waals surface area contributed by atoms with Crippen molar-refractivity contribution in [3.8, 4) is 5.75 Å². The van der Waals surface area contributed by atoms with Gasteiger partial charge in [0.1, 0.15) is 0 Å². The van der Waals surface area contributed by atoms with E-state index in [1.54, 1.807) is 0 Å². The number of benzene rings is 1. The van der Waals surface area contributed by atoms with E-state index in [-0.39, 0.29) is 0 Å². The lowest BCUT2D eigenvalue weighted by molar-refractivity contribution is -0.275. The molecular weight excluding hydrogens is 277 g/mol. The number of alkyl halides is 6. The summed E-state index contributed by atoms with van der Waals surface area (Å²) in [5.74, 6) is -3.00. The number of rotatable bonds is 2.